The largest absolute Gasteiger partial charge is 0.406 e. The van der Waals surface area contributed by atoms with Gasteiger partial charge in [0, 0.05) is 26.6 Å². The number of carbonyl (C=O) groups excluding carboxylic acids is 1. The predicted molar refractivity (Wildman–Crippen MR) is 86.2 cm³/mol. The van der Waals surface area contributed by atoms with Gasteiger partial charge in [-0.15, -0.1) is 17.9 Å². The molecule has 1 heterocycles. The van der Waals surface area contributed by atoms with Gasteiger partial charge in [0.1, 0.15) is 10.8 Å². The zero-order chi connectivity index (χ0) is 18.4. The van der Waals surface area contributed by atoms with Crippen LogP contribution in [0, 0.1) is 0 Å². The molecule has 0 fully saturated rings. The van der Waals surface area contributed by atoms with Crippen LogP contribution in [0.1, 0.15) is 12.8 Å². The van der Waals surface area contributed by atoms with Crippen LogP contribution in [0.2, 0.25) is 0 Å². The van der Waals surface area contributed by atoms with Crippen molar-refractivity contribution < 1.29 is 26.4 Å². The number of thiophene rings is 1. The molecule has 0 aliphatic rings. The first-order valence-electron chi connectivity index (χ1n) is 7.03. The van der Waals surface area contributed by atoms with Crippen molar-refractivity contribution in [3.8, 4) is 0 Å². The quantitative estimate of drug-likeness (QED) is 0.615. The van der Waals surface area contributed by atoms with Gasteiger partial charge in [0.15, 0.2) is 0 Å². The Morgan fingerprint density at radius 2 is 2.08 bits per heavy atom. The summed E-state index contributed by atoms with van der Waals surface area (Å²) in [7, 11) is -2.25. The zero-order valence-corrected chi connectivity index (χ0v) is 14.8. The van der Waals surface area contributed by atoms with Crippen molar-refractivity contribution in [2.75, 3.05) is 26.7 Å². The molecule has 0 N–H and O–H groups in total. The Hall–Kier alpha value is -1.39. The van der Waals surface area contributed by atoms with Crippen molar-refractivity contribution in [1.29, 1.82) is 0 Å². The average Bonchev–Trinajstić information content (AvgIpc) is 3.00. The van der Waals surface area contributed by atoms with Gasteiger partial charge in [-0.25, -0.2) is 12.7 Å². The minimum atomic E-state index is -4.49. The second kappa shape index (κ2) is 8.63. The fourth-order valence-electron chi connectivity index (χ4n) is 1.92. The highest BCUT2D eigenvalue weighted by molar-refractivity contribution is 7.91. The molecule has 0 unspecified atom stereocenters. The van der Waals surface area contributed by atoms with Crippen LogP contribution in [0.3, 0.4) is 0 Å². The first-order chi connectivity index (χ1) is 11.1. The Labute approximate surface area is 143 Å². The molecule has 0 aliphatic heterocycles. The third-order valence-corrected chi connectivity index (χ3v) is 6.33. The fraction of sp³-hybridized carbons (Fsp3) is 0.500. The molecule has 136 valence electrons. The SMILES string of the molecule is C=CCN(CC(F)(F)F)C(=O)CCCN(C)S(=O)(=O)c1cccs1. The maximum atomic E-state index is 12.4. The Bertz CT molecular complexity index is 643. The third kappa shape index (κ3) is 6.25. The summed E-state index contributed by atoms with van der Waals surface area (Å²) in [6.07, 6.45) is -3.31. The molecule has 0 spiro atoms. The van der Waals surface area contributed by atoms with Crippen molar-refractivity contribution >= 4 is 27.3 Å². The molecule has 0 atom stereocenters. The van der Waals surface area contributed by atoms with Crippen LogP contribution in [0.15, 0.2) is 34.4 Å². The molecule has 0 aromatic carbocycles. The maximum absolute atomic E-state index is 12.4. The molecular weight excluding hydrogens is 365 g/mol. The normalized spacial score (nSPS) is 12.4. The lowest BCUT2D eigenvalue weighted by molar-refractivity contribution is -0.160. The summed E-state index contributed by atoms with van der Waals surface area (Å²) in [5.41, 5.74) is 0. The van der Waals surface area contributed by atoms with E-state index in [1.807, 2.05) is 0 Å². The first-order valence-corrected chi connectivity index (χ1v) is 9.35. The third-order valence-electron chi connectivity index (χ3n) is 3.10. The molecule has 0 saturated carbocycles. The van der Waals surface area contributed by atoms with E-state index in [1.165, 1.54) is 19.2 Å². The Morgan fingerprint density at radius 3 is 2.58 bits per heavy atom. The lowest BCUT2D eigenvalue weighted by Crippen LogP contribution is -2.39. The van der Waals surface area contributed by atoms with Gasteiger partial charge in [-0.3, -0.25) is 4.79 Å². The summed E-state index contributed by atoms with van der Waals surface area (Å²) in [5, 5.41) is 1.63. The molecule has 0 bridgehead atoms. The molecule has 1 aromatic rings. The highest BCUT2D eigenvalue weighted by Crippen LogP contribution is 2.20. The van der Waals surface area contributed by atoms with E-state index < -0.39 is 28.7 Å². The van der Waals surface area contributed by atoms with Crippen LogP contribution in [-0.2, 0) is 14.8 Å². The standard InChI is InChI=1S/C14H19F3N2O3S2/c1-3-8-19(11-14(15,16)17)12(20)6-4-9-18(2)24(21,22)13-7-5-10-23-13/h3,5,7,10H,1,4,6,8-9,11H2,2H3. The number of hydrogen-bond donors (Lipinski definition) is 0. The number of sulfonamides is 1. The fourth-order valence-corrected chi connectivity index (χ4v) is 4.33. The van der Waals surface area contributed by atoms with E-state index in [-0.39, 0.29) is 30.1 Å². The monoisotopic (exact) mass is 384 g/mol. The maximum Gasteiger partial charge on any atom is 0.406 e. The Morgan fingerprint density at radius 1 is 1.42 bits per heavy atom. The number of carbonyl (C=O) groups is 1. The lowest BCUT2D eigenvalue weighted by atomic mass is 10.2. The highest BCUT2D eigenvalue weighted by Gasteiger charge is 2.32. The number of rotatable bonds is 9. The van der Waals surface area contributed by atoms with Gasteiger partial charge in [0.25, 0.3) is 10.0 Å². The van der Waals surface area contributed by atoms with Gasteiger partial charge in [-0.05, 0) is 17.9 Å². The number of halogens is 3. The van der Waals surface area contributed by atoms with Crippen molar-refractivity contribution in [2.45, 2.75) is 23.2 Å². The second-order valence-corrected chi connectivity index (χ2v) is 8.26. The van der Waals surface area contributed by atoms with Crippen LogP contribution in [0.5, 0.6) is 0 Å². The number of alkyl halides is 3. The molecule has 0 radical (unpaired) electrons. The Kier molecular flexibility index (Phi) is 7.43. The summed E-state index contributed by atoms with van der Waals surface area (Å²) in [6.45, 7) is 1.82. The summed E-state index contributed by atoms with van der Waals surface area (Å²) in [6, 6.07) is 3.08. The minimum absolute atomic E-state index is 0.0416. The number of amides is 1. The number of hydrogen-bond acceptors (Lipinski definition) is 4. The molecular formula is C14H19F3N2O3S2. The predicted octanol–water partition coefficient (Wildman–Crippen LogP) is 2.73. The molecule has 10 heteroatoms. The smallest absolute Gasteiger partial charge is 0.330 e. The van der Waals surface area contributed by atoms with E-state index in [9.17, 15) is 26.4 Å². The average molecular weight is 384 g/mol. The van der Waals surface area contributed by atoms with E-state index in [1.54, 1.807) is 11.4 Å². The van der Waals surface area contributed by atoms with Gasteiger partial charge in [-0.2, -0.15) is 13.2 Å². The van der Waals surface area contributed by atoms with E-state index in [0.29, 0.717) is 4.90 Å². The van der Waals surface area contributed by atoms with Crippen molar-refractivity contribution in [2.24, 2.45) is 0 Å². The van der Waals surface area contributed by atoms with Gasteiger partial charge in [-0.1, -0.05) is 12.1 Å². The molecule has 1 amide bonds. The van der Waals surface area contributed by atoms with Crippen LogP contribution in [0.4, 0.5) is 13.2 Å². The van der Waals surface area contributed by atoms with E-state index in [2.05, 4.69) is 6.58 Å². The van der Waals surface area contributed by atoms with E-state index in [4.69, 9.17) is 0 Å². The topological polar surface area (TPSA) is 57.7 Å². The molecule has 5 nitrogen and oxygen atoms in total. The molecule has 1 aromatic heterocycles. The first kappa shape index (κ1) is 20.7. The second-order valence-electron chi connectivity index (χ2n) is 5.04. The molecule has 24 heavy (non-hydrogen) atoms. The van der Waals surface area contributed by atoms with Crippen molar-refractivity contribution in [3.05, 3.63) is 30.2 Å². The molecule has 0 saturated heterocycles. The number of nitrogens with zero attached hydrogens (tertiary/aromatic N) is 2. The summed E-state index contributed by atoms with van der Waals surface area (Å²) in [5.74, 6) is -0.686. The minimum Gasteiger partial charge on any atom is -0.330 e. The van der Waals surface area contributed by atoms with Crippen LogP contribution in [-0.4, -0.2) is 56.4 Å². The van der Waals surface area contributed by atoms with Gasteiger partial charge < -0.3 is 4.90 Å². The molecule has 0 aliphatic carbocycles. The summed E-state index contributed by atoms with van der Waals surface area (Å²) in [4.78, 5) is 12.5. The van der Waals surface area contributed by atoms with Gasteiger partial charge >= 0.3 is 6.18 Å². The highest BCUT2D eigenvalue weighted by atomic mass is 32.2. The van der Waals surface area contributed by atoms with E-state index >= 15 is 0 Å². The van der Waals surface area contributed by atoms with Crippen LogP contribution < -0.4 is 0 Å². The van der Waals surface area contributed by atoms with Gasteiger partial charge in [0.05, 0.1) is 0 Å². The van der Waals surface area contributed by atoms with Crippen LogP contribution in [0.25, 0.3) is 0 Å². The lowest BCUT2D eigenvalue weighted by Gasteiger charge is -2.23. The Balaban J connectivity index is 2.55. The summed E-state index contributed by atoms with van der Waals surface area (Å²) < 4.78 is 62.9. The van der Waals surface area contributed by atoms with Gasteiger partial charge in [0.2, 0.25) is 5.91 Å². The van der Waals surface area contributed by atoms with Crippen molar-refractivity contribution in [3.63, 3.8) is 0 Å². The summed E-state index contributed by atoms with van der Waals surface area (Å²) >= 11 is 1.07. The van der Waals surface area contributed by atoms with Crippen molar-refractivity contribution in [1.82, 2.24) is 9.21 Å². The van der Waals surface area contributed by atoms with E-state index in [0.717, 1.165) is 15.6 Å². The zero-order valence-electron chi connectivity index (χ0n) is 13.1. The van der Waals surface area contributed by atoms with Crippen LogP contribution >= 0.6 is 11.3 Å². The molecule has 1 rings (SSSR count).